The molecule has 0 radical (unpaired) electrons. The maximum absolute atomic E-state index is 13.0. The van der Waals surface area contributed by atoms with Gasteiger partial charge in [-0.2, -0.15) is 26.3 Å². The lowest BCUT2D eigenvalue weighted by atomic mass is 9.87. The van der Waals surface area contributed by atoms with Crippen LogP contribution in [0, 0.1) is 5.82 Å². The van der Waals surface area contributed by atoms with Gasteiger partial charge in [0.15, 0.2) is 0 Å². The largest absolute Gasteiger partial charge is 0.416 e. The average Bonchev–Trinajstić information content (AvgIpc) is 2.34. The van der Waals surface area contributed by atoms with Crippen molar-refractivity contribution < 1.29 is 35.5 Å². The number of rotatable bonds is 3. The summed E-state index contributed by atoms with van der Waals surface area (Å²) in [5, 5.41) is 0. The highest BCUT2D eigenvalue weighted by atomic mass is 19.4. The number of halogens is 7. The number of carbonyl (C=O) groups is 1. The molecular formula is C14H12F7NO. The van der Waals surface area contributed by atoms with Crippen molar-refractivity contribution in [1.29, 1.82) is 0 Å². The Hall–Kier alpha value is -1.80. The molecule has 2 rings (SSSR count). The van der Waals surface area contributed by atoms with Crippen LogP contribution in [0.1, 0.15) is 29.9 Å². The van der Waals surface area contributed by atoms with Crippen molar-refractivity contribution >= 4 is 5.91 Å². The zero-order chi connectivity index (χ0) is 17.4. The molecule has 23 heavy (non-hydrogen) atoms. The van der Waals surface area contributed by atoms with Gasteiger partial charge in [-0.05, 0) is 17.7 Å². The first kappa shape index (κ1) is 17.6. The SMILES string of the molecule is O=C(CCC(F)(F)F)N1CC(c2ccc(F)cc2C(F)(F)F)C1. The van der Waals surface area contributed by atoms with E-state index < -0.39 is 48.4 Å². The van der Waals surface area contributed by atoms with Crippen molar-refractivity contribution in [1.82, 2.24) is 4.90 Å². The summed E-state index contributed by atoms with van der Waals surface area (Å²) in [5.41, 5.74) is -1.27. The Bertz CT molecular complexity index is 588. The lowest BCUT2D eigenvalue weighted by molar-refractivity contribution is -0.152. The fourth-order valence-corrected chi connectivity index (χ4v) is 2.42. The highest BCUT2D eigenvalue weighted by Gasteiger charge is 2.40. The van der Waals surface area contributed by atoms with Gasteiger partial charge in [0.05, 0.1) is 12.0 Å². The van der Waals surface area contributed by atoms with Crippen molar-refractivity contribution in [2.45, 2.75) is 31.1 Å². The van der Waals surface area contributed by atoms with Crippen molar-refractivity contribution in [3.63, 3.8) is 0 Å². The molecule has 0 atom stereocenters. The van der Waals surface area contributed by atoms with Crippen LogP contribution >= 0.6 is 0 Å². The number of amides is 1. The van der Waals surface area contributed by atoms with E-state index in [4.69, 9.17) is 0 Å². The summed E-state index contributed by atoms with van der Waals surface area (Å²) >= 11 is 0. The summed E-state index contributed by atoms with van der Waals surface area (Å²) in [5.74, 6) is -2.45. The van der Waals surface area contributed by atoms with Gasteiger partial charge in [0.25, 0.3) is 0 Å². The predicted molar refractivity (Wildman–Crippen MR) is 66.0 cm³/mol. The van der Waals surface area contributed by atoms with Crippen molar-refractivity contribution in [3.05, 3.63) is 35.1 Å². The van der Waals surface area contributed by atoms with Gasteiger partial charge in [0.2, 0.25) is 5.91 Å². The molecule has 0 bridgehead atoms. The molecule has 0 aromatic heterocycles. The summed E-state index contributed by atoms with van der Waals surface area (Å²) in [4.78, 5) is 12.6. The zero-order valence-electron chi connectivity index (χ0n) is 11.6. The van der Waals surface area contributed by atoms with Crippen LogP contribution in [0.25, 0.3) is 0 Å². The maximum atomic E-state index is 13.0. The van der Waals surface area contributed by atoms with Crippen molar-refractivity contribution in [2.75, 3.05) is 13.1 Å². The fourth-order valence-electron chi connectivity index (χ4n) is 2.42. The first-order chi connectivity index (χ1) is 10.5. The summed E-state index contributed by atoms with van der Waals surface area (Å²) < 4.78 is 87.8. The molecule has 1 fully saturated rings. The number of likely N-dealkylation sites (tertiary alicyclic amines) is 1. The molecule has 1 aliphatic heterocycles. The van der Waals surface area contributed by atoms with Gasteiger partial charge in [-0.25, -0.2) is 4.39 Å². The van der Waals surface area contributed by atoms with Crippen LogP contribution in [0.2, 0.25) is 0 Å². The molecule has 1 heterocycles. The first-order valence-corrected chi connectivity index (χ1v) is 6.68. The van der Waals surface area contributed by atoms with Crippen LogP contribution in [-0.2, 0) is 11.0 Å². The Kier molecular flexibility index (Phi) is 4.59. The molecular weight excluding hydrogens is 331 g/mol. The summed E-state index contributed by atoms with van der Waals surface area (Å²) in [6.45, 7) is -0.212. The second kappa shape index (κ2) is 6.01. The predicted octanol–water partition coefficient (Wildman–Crippen LogP) is 4.11. The molecule has 0 unspecified atom stereocenters. The van der Waals surface area contributed by atoms with Crippen LogP contribution in [-0.4, -0.2) is 30.1 Å². The van der Waals surface area contributed by atoms with Gasteiger partial charge in [-0.1, -0.05) is 6.07 Å². The Morgan fingerprint density at radius 3 is 2.26 bits per heavy atom. The standard InChI is InChI=1S/C14H12F7NO/c15-9-1-2-10(11(5-9)14(19,20)21)8-6-22(7-8)12(23)3-4-13(16,17)18/h1-2,5,8H,3-4,6-7H2. The number of benzene rings is 1. The number of nitrogens with zero attached hydrogens (tertiary/aromatic N) is 1. The highest BCUT2D eigenvalue weighted by Crippen LogP contribution is 2.39. The third-order valence-electron chi connectivity index (χ3n) is 3.62. The average molecular weight is 343 g/mol. The van der Waals surface area contributed by atoms with Gasteiger partial charge in [-0.3, -0.25) is 4.79 Å². The number of alkyl halides is 6. The van der Waals surface area contributed by atoms with E-state index in [1.807, 2.05) is 0 Å². The van der Waals surface area contributed by atoms with Crippen LogP contribution in [0.3, 0.4) is 0 Å². The van der Waals surface area contributed by atoms with Gasteiger partial charge < -0.3 is 4.90 Å². The van der Waals surface area contributed by atoms with E-state index in [0.29, 0.717) is 6.07 Å². The minimum Gasteiger partial charge on any atom is -0.341 e. The fraction of sp³-hybridized carbons (Fsp3) is 0.500. The molecule has 1 aromatic rings. The Balaban J connectivity index is 2.01. The molecule has 2 nitrogen and oxygen atoms in total. The highest BCUT2D eigenvalue weighted by molar-refractivity contribution is 5.77. The molecule has 1 amide bonds. The van der Waals surface area contributed by atoms with E-state index in [-0.39, 0.29) is 18.7 Å². The van der Waals surface area contributed by atoms with Gasteiger partial charge in [0.1, 0.15) is 5.82 Å². The smallest absolute Gasteiger partial charge is 0.341 e. The van der Waals surface area contributed by atoms with Crippen LogP contribution in [0.5, 0.6) is 0 Å². The normalized spacial score (nSPS) is 16.4. The minimum atomic E-state index is -4.74. The number of hydrogen-bond acceptors (Lipinski definition) is 1. The van der Waals surface area contributed by atoms with Gasteiger partial charge in [0, 0.05) is 25.4 Å². The summed E-state index contributed by atoms with van der Waals surface area (Å²) in [6, 6.07) is 2.27. The lowest BCUT2D eigenvalue weighted by Crippen LogP contribution is -2.49. The quantitative estimate of drug-likeness (QED) is 0.757. The van der Waals surface area contributed by atoms with E-state index in [0.717, 1.165) is 17.0 Å². The van der Waals surface area contributed by atoms with Crippen LogP contribution in [0.4, 0.5) is 30.7 Å². The Morgan fingerprint density at radius 2 is 1.74 bits per heavy atom. The Labute approximate surface area is 126 Å². The third-order valence-corrected chi connectivity index (χ3v) is 3.62. The Morgan fingerprint density at radius 1 is 1.13 bits per heavy atom. The third kappa shape index (κ3) is 4.35. The molecule has 1 aliphatic rings. The second-order valence-electron chi connectivity index (χ2n) is 5.34. The van der Waals surface area contributed by atoms with E-state index in [9.17, 15) is 35.5 Å². The molecule has 128 valence electrons. The summed E-state index contributed by atoms with van der Waals surface area (Å²) in [6.07, 6.45) is -11.2. The monoisotopic (exact) mass is 343 g/mol. The molecule has 0 spiro atoms. The van der Waals surface area contributed by atoms with Gasteiger partial charge in [-0.15, -0.1) is 0 Å². The van der Waals surface area contributed by atoms with E-state index >= 15 is 0 Å². The maximum Gasteiger partial charge on any atom is 0.416 e. The molecule has 9 heteroatoms. The topological polar surface area (TPSA) is 20.3 Å². The van der Waals surface area contributed by atoms with E-state index in [1.54, 1.807) is 0 Å². The van der Waals surface area contributed by atoms with E-state index in [1.165, 1.54) is 0 Å². The van der Waals surface area contributed by atoms with Crippen molar-refractivity contribution in [3.8, 4) is 0 Å². The number of hydrogen-bond donors (Lipinski definition) is 0. The van der Waals surface area contributed by atoms with Crippen LogP contribution in [0.15, 0.2) is 18.2 Å². The molecule has 1 aromatic carbocycles. The minimum absolute atomic E-state index is 0.106. The second-order valence-corrected chi connectivity index (χ2v) is 5.34. The van der Waals surface area contributed by atoms with E-state index in [2.05, 4.69) is 0 Å². The molecule has 1 saturated heterocycles. The molecule has 0 N–H and O–H groups in total. The molecule has 0 aliphatic carbocycles. The summed E-state index contributed by atoms with van der Waals surface area (Å²) in [7, 11) is 0. The van der Waals surface area contributed by atoms with Crippen molar-refractivity contribution in [2.24, 2.45) is 0 Å². The van der Waals surface area contributed by atoms with Gasteiger partial charge >= 0.3 is 12.4 Å². The number of carbonyl (C=O) groups excluding carboxylic acids is 1. The molecule has 0 saturated carbocycles. The van der Waals surface area contributed by atoms with Crippen LogP contribution < -0.4 is 0 Å². The first-order valence-electron chi connectivity index (χ1n) is 6.68. The lowest BCUT2D eigenvalue weighted by Gasteiger charge is -2.40. The zero-order valence-corrected chi connectivity index (χ0v) is 11.6.